The van der Waals surface area contributed by atoms with Crippen LogP contribution in [0.5, 0.6) is 0 Å². The average molecular weight is 422 g/mol. The van der Waals surface area contributed by atoms with Crippen LogP contribution in [-0.2, 0) is 10.2 Å². The monoisotopic (exact) mass is 420 g/mol. The maximum Gasteiger partial charge on any atom is 0.153 e. The lowest BCUT2D eigenvalue weighted by Gasteiger charge is -2.38. The fourth-order valence-corrected chi connectivity index (χ4v) is 4.28. The summed E-state index contributed by atoms with van der Waals surface area (Å²) in [6.07, 6.45) is 7.21. The van der Waals surface area contributed by atoms with E-state index in [0.717, 1.165) is 53.4 Å². The van der Waals surface area contributed by atoms with Gasteiger partial charge in [0.25, 0.3) is 0 Å². The van der Waals surface area contributed by atoms with Crippen molar-refractivity contribution >= 4 is 38.9 Å². The van der Waals surface area contributed by atoms with Gasteiger partial charge in [-0.2, -0.15) is 5.10 Å². The molecular formula is C18H18BrClN4O. The third-order valence-electron chi connectivity index (χ3n) is 4.88. The lowest BCUT2D eigenvalue weighted by Crippen LogP contribution is -2.40. The van der Waals surface area contributed by atoms with Gasteiger partial charge in [0.15, 0.2) is 5.82 Å². The largest absolute Gasteiger partial charge is 0.381 e. The number of hydrogen-bond acceptors (Lipinski definition) is 4. The molecule has 1 saturated heterocycles. The van der Waals surface area contributed by atoms with E-state index >= 15 is 0 Å². The van der Waals surface area contributed by atoms with Crippen molar-refractivity contribution in [3.63, 3.8) is 0 Å². The Morgan fingerprint density at radius 3 is 2.88 bits per heavy atom. The molecule has 1 aromatic carbocycles. The topological polar surface area (TPSA) is 51.5 Å². The maximum atomic E-state index is 6.53. The Kier molecular flexibility index (Phi) is 4.67. The van der Waals surface area contributed by atoms with Crippen LogP contribution in [0.15, 0.2) is 47.3 Å². The van der Waals surface area contributed by atoms with Crippen LogP contribution in [-0.4, -0.2) is 34.4 Å². The summed E-state index contributed by atoms with van der Waals surface area (Å²) in [5.41, 5.74) is 2.04. The second-order valence-corrected chi connectivity index (χ2v) is 7.55. The summed E-state index contributed by atoms with van der Waals surface area (Å²) < 4.78 is 8.34. The van der Waals surface area contributed by atoms with Gasteiger partial charge in [-0.05, 0) is 40.4 Å². The smallest absolute Gasteiger partial charge is 0.153 e. The van der Waals surface area contributed by atoms with Crippen LogP contribution in [0.25, 0.3) is 5.52 Å². The SMILES string of the molecule is Clc1ccccc1C1(CNc2nccn3ncc(Br)c23)CCOCC1. The van der Waals surface area contributed by atoms with E-state index in [1.54, 1.807) is 12.4 Å². The van der Waals surface area contributed by atoms with Gasteiger partial charge in [0, 0.05) is 42.6 Å². The third-order valence-corrected chi connectivity index (χ3v) is 5.79. The van der Waals surface area contributed by atoms with Crippen molar-refractivity contribution in [2.75, 3.05) is 25.1 Å². The molecule has 0 unspecified atom stereocenters. The molecule has 7 heteroatoms. The van der Waals surface area contributed by atoms with E-state index in [9.17, 15) is 0 Å². The zero-order valence-electron chi connectivity index (χ0n) is 13.6. The number of aromatic nitrogens is 3. The molecule has 0 spiro atoms. The molecule has 0 aliphatic carbocycles. The molecule has 1 fully saturated rings. The Labute approximate surface area is 159 Å². The van der Waals surface area contributed by atoms with E-state index in [0.29, 0.717) is 0 Å². The van der Waals surface area contributed by atoms with Crippen LogP contribution >= 0.6 is 27.5 Å². The van der Waals surface area contributed by atoms with Crippen molar-refractivity contribution in [2.45, 2.75) is 18.3 Å². The molecule has 130 valence electrons. The molecule has 2 aromatic heterocycles. The first kappa shape index (κ1) is 16.8. The third kappa shape index (κ3) is 3.14. The van der Waals surface area contributed by atoms with E-state index in [1.165, 1.54) is 5.56 Å². The first-order chi connectivity index (χ1) is 12.2. The summed E-state index contributed by atoms with van der Waals surface area (Å²) in [6, 6.07) is 8.10. The summed E-state index contributed by atoms with van der Waals surface area (Å²) in [6.45, 7) is 2.21. The number of ether oxygens (including phenoxy) is 1. The molecule has 4 rings (SSSR count). The van der Waals surface area contributed by atoms with Crippen LogP contribution in [0.4, 0.5) is 5.82 Å². The summed E-state index contributed by atoms with van der Waals surface area (Å²) in [5, 5.41) is 8.65. The minimum atomic E-state index is -0.0718. The molecule has 1 aliphatic heterocycles. The first-order valence-electron chi connectivity index (χ1n) is 8.24. The zero-order chi connectivity index (χ0) is 17.3. The number of benzene rings is 1. The van der Waals surface area contributed by atoms with Crippen molar-refractivity contribution in [3.05, 3.63) is 57.9 Å². The second kappa shape index (κ2) is 6.94. The van der Waals surface area contributed by atoms with Crippen LogP contribution in [0.1, 0.15) is 18.4 Å². The Balaban J connectivity index is 1.68. The molecule has 25 heavy (non-hydrogen) atoms. The predicted molar refractivity (Wildman–Crippen MR) is 102 cm³/mol. The summed E-state index contributed by atoms with van der Waals surface area (Å²) >= 11 is 10.1. The number of halogens is 2. The van der Waals surface area contributed by atoms with Crippen LogP contribution < -0.4 is 5.32 Å². The van der Waals surface area contributed by atoms with Crippen LogP contribution in [0, 0.1) is 0 Å². The van der Waals surface area contributed by atoms with Crippen molar-refractivity contribution in [1.82, 2.24) is 14.6 Å². The maximum absolute atomic E-state index is 6.53. The molecule has 0 radical (unpaired) electrons. The Bertz CT molecular complexity index is 892. The summed E-state index contributed by atoms with van der Waals surface area (Å²) in [7, 11) is 0. The van der Waals surface area contributed by atoms with Crippen LogP contribution in [0.2, 0.25) is 5.02 Å². The molecule has 0 bridgehead atoms. The fourth-order valence-electron chi connectivity index (χ4n) is 3.49. The van der Waals surface area contributed by atoms with Crippen molar-refractivity contribution < 1.29 is 4.74 Å². The highest BCUT2D eigenvalue weighted by atomic mass is 79.9. The number of fused-ring (bicyclic) bond motifs is 1. The molecule has 5 nitrogen and oxygen atoms in total. The number of hydrogen-bond donors (Lipinski definition) is 1. The van der Waals surface area contributed by atoms with Gasteiger partial charge < -0.3 is 10.1 Å². The summed E-state index contributed by atoms with van der Waals surface area (Å²) in [4.78, 5) is 4.51. The minimum absolute atomic E-state index is 0.0718. The van der Waals surface area contributed by atoms with E-state index < -0.39 is 0 Å². The van der Waals surface area contributed by atoms with Gasteiger partial charge >= 0.3 is 0 Å². The van der Waals surface area contributed by atoms with Gasteiger partial charge in [-0.3, -0.25) is 0 Å². The second-order valence-electron chi connectivity index (χ2n) is 6.29. The first-order valence-corrected chi connectivity index (χ1v) is 9.41. The highest BCUT2D eigenvalue weighted by Crippen LogP contribution is 2.39. The Hall–Kier alpha value is -1.63. The standard InChI is InChI=1S/C18H18BrClN4O/c19-14-11-23-24-8-7-21-17(16(14)24)22-12-18(5-9-25-10-6-18)13-3-1-2-4-15(13)20/h1-4,7-8,11H,5-6,9-10,12H2,(H,21,22). The van der Waals surface area contributed by atoms with E-state index in [1.807, 2.05) is 28.9 Å². The Morgan fingerprint density at radius 2 is 2.08 bits per heavy atom. The predicted octanol–water partition coefficient (Wildman–Crippen LogP) is 4.31. The van der Waals surface area contributed by atoms with E-state index in [-0.39, 0.29) is 5.41 Å². The number of rotatable bonds is 4. The van der Waals surface area contributed by atoms with Crippen molar-refractivity contribution in [2.24, 2.45) is 0 Å². The van der Waals surface area contributed by atoms with Gasteiger partial charge in [0.2, 0.25) is 0 Å². The molecule has 0 atom stereocenters. The quantitative estimate of drug-likeness (QED) is 0.682. The van der Waals surface area contributed by atoms with Gasteiger partial charge in [-0.15, -0.1) is 0 Å². The normalized spacial score (nSPS) is 16.9. The number of anilines is 1. The molecule has 0 amide bonds. The van der Waals surface area contributed by atoms with Gasteiger partial charge in [0.1, 0.15) is 5.52 Å². The van der Waals surface area contributed by atoms with E-state index in [2.05, 4.69) is 37.4 Å². The molecular weight excluding hydrogens is 404 g/mol. The van der Waals surface area contributed by atoms with Crippen LogP contribution in [0.3, 0.4) is 0 Å². The van der Waals surface area contributed by atoms with Gasteiger partial charge in [-0.1, -0.05) is 29.8 Å². The molecule has 0 saturated carbocycles. The lowest BCUT2D eigenvalue weighted by atomic mass is 9.74. The zero-order valence-corrected chi connectivity index (χ0v) is 15.9. The van der Waals surface area contributed by atoms with Gasteiger partial charge in [-0.25, -0.2) is 9.50 Å². The highest BCUT2D eigenvalue weighted by Gasteiger charge is 2.36. The minimum Gasteiger partial charge on any atom is -0.381 e. The lowest BCUT2D eigenvalue weighted by molar-refractivity contribution is 0.0544. The van der Waals surface area contributed by atoms with Crippen molar-refractivity contribution in [3.8, 4) is 0 Å². The Morgan fingerprint density at radius 1 is 1.28 bits per heavy atom. The number of nitrogens with one attached hydrogen (secondary N) is 1. The molecule has 1 aliphatic rings. The fraction of sp³-hybridized carbons (Fsp3) is 0.333. The molecule has 1 N–H and O–H groups in total. The number of nitrogens with zero attached hydrogens (tertiary/aromatic N) is 3. The highest BCUT2D eigenvalue weighted by molar-refractivity contribution is 9.10. The van der Waals surface area contributed by atoms with Gasteiger partial charge in [0.05, 0.1) is 10.7 Å². The van der Waals surface area contributed by atoms with Crippen molar-refractivity contribution in [1.29, 1.82) is 0 Å². The molecule has 3 aromatic rings. The molecule has 3 heterocycles. The van der Waals surface area contributed by atoms with E-state index in [4.69, 9.17) is 16.3 Å². The summed E-state index contributed by atoms with van der Waals surface area (Å²) in [5.74, 6) is 0.810. The average Bonchev–Trinajstić information content (AvgIpc) is 3.03.